The molecule has 2 N–H and O–H groups in total. The van der Waals surface area contributed by atoms with Gasteiger partial charge in [0.1, 0.15) is 0 Å². The van der Waals surface area contributed by atoms with Gasteiger partial charge in [0.05, 0.1) is 5.56 Å². The molecule has 2 fully saturated rings. The summed E-state index contributed by atoms with van der Waals surface area (Å²) in [5, 5.41) is 0. The predicted molar refractivity (Wildman–Crippen MR) is 71.5 cm³/mol. The number of carbonyl (C=O) groups excluding carboxylic acids is 1. The smallest absolute Gasteiger partial charge is 0.341 e. The van der Waals surface area contributed by atoms with Crippen LogP contribution >= 0.6 is 0 Å². The lowest BCUT2D eigenvalue weighted by Gasteiger charge is -2.15. The van der Waals surface area contributed by atoms with Crippen molar-refractivity contribution >= 4 is 5.91 Å². The molecule has 3 atom stereocenters. The maximum absolute atomic E-state index is 12.5. The third-order valence-corrected chi connectivity index (χ3v) is 4.31. The van der Waals surface area contributed by atoms with Crippen LogP contribution in [0.3, 0.4) is 0 Å². The van der Waals surface area contributed by atoms with Crippen molar-refractivity contribution in [3.63, 3.8) is 0 Å². The van der Waals surface area contributed by atoms with Gasteiger partial charge in [-0.1, -0.05) is 12.1 Å². The Hall–Kier alpha value is -1.56. The molecule has 1 aliphatic heterocycles. The minimum atomic E-state index is -4.32. The van der Waals surface area contributed by atoms with Crippen molar-refractivity contribution in [2.75, 3.05) is 13.1 Å². The highest BCUT2D eigenvalue weighted by molar-refractivity contribution is 5.83. The largest absolute Gasteiger partial charge is 0.416 e. The maximum Gasteiger partial charge on any atom is 0.416 e. The lowest BCUT2D eigenvalue weighted by atomic mass is 10.1. The van der Waals surface area contributed by atoms with Crippen LogP contribution in [0.25, 0.3) is 0 Å². The second kappa shape index (κ2) is 5.02. The zero-order valence-electron chi connectivity index (χ0n) is 11.4. The van der Waals surface area contributed by atoms with Gasteiger partial charge in [-0.25, -0.2) is 0 Å². The first-order chi connectivity index (χ1) is 9.86. The van der Waals surface area contributed by atoms with Crippen molar-refractivity contribution in [3.8, 4) is 0 Å². The Bertz CT molecular complexity index is 541. The van der Waals surface area contributed by atoms with Crippen molar-refractivity contribution in [1.29, 1.82) is 0 Å². The van der Waals surface area contributed by atoms with E-state index in [1.807, 2.05) is 0 Å². The number of hydrogen-bond acceptors (Lipinski definition) is 2. The number of alkyl halides is 3. The highest BCUT2D eigenvalue weighted by Gasteiger charge is 2.46. The first-order valence-corrected chi connectivity index (χ1v) is 7.08. The van der Waals surface area contributed by atoms with Crippen LogP contribution in [0.15, 0.2) is 24.3 Å². The minimum Gasteiger partial charge on any atom is -0.341 e. The van der Waals surface area contributed by atoms with Gasteiger partial charge in [0, 0.05) is 25.0 Å². The van der Waals surface area contributed by atoms with Crippen LogP contribution in [0.1, 0.15) is 29.9 Å². The van der Waals surface area contributed by atoms with Gasteiger partial charge in [0.15, 0.2) is 0 Å². The fourth-order valence-electron chi connectivity index (χ4n) is 2.98. The molecule has 2 unspecified atom stereocenters. The summed E-state index contributed by atoms with van der Waals surface area (Å²) < 4.78 is 37.5. The fourth-order valence-corrected chi connectivity index (χ4v) is 2.98. The Kier molecular flexibility index (Phi) is 3.43. The van der Waals surface area contributed by atoms with E-state index >= 15 is 0 Å². The number of hydrogen-bond donors (Lipinski definition) is 1. The third-order valence-electron chi connectivity index (χ3n) is 4.31. The molecule has 2 aliphatic rings. The van der Waals surface area contributed by atoms with Gasteiger partial charge in [0.25, 0.3) is 0 Å². The molecule has 1 aromatic carbocycles. The average Bonchev–Trinajstić information content (AvgIpc) is 3.12. The van der Waals surface area contributed by atoms with Crippen molar-refractivity contribution < 1.29 is 18.0 Å². The van der Waals surface area contributed by atoms with E-state index in [1.54, 1.807) is 4.90 Å². The topological polar surface area (TPSA) is 46.3 Å². The normalized spacial score (nSPS) is 28.8. The average molecular weight is 298 g/mol. The van der Waals surface area contributed by atoms with Gasteiger partial charge < -0.3 is 10.6 Å². The Labute approximate surface area is 120 Å². The van der Waals surface area contributed by atoms with Gasteiger partial charge in [-0.2, -0.15) is 13.2 Å². The first kappa shape index (κ1) is 14.4. The zero-order valence-corrected chi connectivity index (χ0v) is 11.4. The van der Waals surface area contributed by atoms with E-state index in [9.17, 15) is 18.0 Å². The molecule has 3 rings (SSSR count). The zero-order chi connectivity index (χ0) is 15.2. The second-order valence-electron chi connectivity index (χ2n) is 5.90. The van der Waals surface area contributed by atoms with E-state index in [0.29, 0.717) is 13.1 Å². The molecular weight excluding hydrogens is 281 g/mol. The van der Waals surface area contributed by atoms with Crippen LogP contribution in [0.2, 0.25) is 0 Å². The molecule has 0 aromatic heterocycles. The number of likely N-dealkylation sites (tertiary alicyclic amines) is 1. The summed E-state index contributed by atoms with van der Waals surface area (Å²) in [6.45, 7) is 1.28. The Balaban J connectivity index is 1.64. The van der Waals surface area contributed by atoms with Gasteiger partial charge in [-0.05, 0) is 36.5 Å². The standard InChI is InChI=1S/C15H17F3N2O/c16-15(17,18)10-3-1-9(2-4-10)12-7-13(12)14(21)20-6-5-11(19)8-20/h1-4,11-13H,5-8,19H2/t11-,12?,13?/m0/s1. The van der Waals surface area contributed by atoms with E-state index < -0.39 is 11.7 Å². The van der Waals surface area contributed by atoms with Crippen molar-refractivity contribution in [2.24, 2.45) is 11.7 Å². The summed E-state index contributed by atoms with van der Waals surface area (Å²) in [7, 11) is 0. The third kappa shape index (κ3) is 2.90. The highest BCUT2D eigenvalue weighted by atomic mass is 19.4. The molecule has 1 amide bonds. The van der Waals surface area contributed by atoms with Crippen LogP contribution in [-0.2, 0) is 11.0 Å². The first-order valence-electron chi connectivity index (χ1n) is 7.08. The molecule has 0 radical (unpaired) electrons. The van der Waals surface area contributed by atoms with Crippen molar-refractivity contribution in [3.05, 3.63) is 35.4 Å². The molecule has 1 heterocycles. The van der Waals surface area contributed by atoms with Gasteiger partial charge in [-0.15, -0.1) is 0 Å². The van der Waals surface area contributed by atoms with Gasteiger partial charge in [-0.3, -0.25) is 4.79 Å². The summed E-state index contributed by atoms with van der Waals surface area (Å²) in [5.41, 5.74) is 5.94. The van der Waals surface area contributed by atoms with Crippen molar-refractivity contribution in [2.45, 2.75) is 31.0 Å². The van der Waals surface area contributed by atoms with Crippen LogP contribution in [0.5, 0.6) is 0 Å². The SMILES string of the molecule is N[C@H]1CCN(C(=O)C2CC2c2ccc(C(F)(F)F)cc2)C1. The van der Waals surface area contributed by atoms with Gasteiger partial charge in [0.2, 0.25) is 5.91 Å². The number of halogens is 3. The summed E-state index contributed by atoms with van der Waals surface area (Å²) in [6, 6.07) is 5.19. The quantitative estimate of drug-likeness (QED) is 0.911. The highest BCUT2D eigenvalue weighted by Crippen LogP contribution is 2.49. The van der Waals surface area contributed by atoms with E-state index in [0.717, 1.165) is 30.5 Å². The molecule has 1 saturated carbocycles. The number of nitrogens with zero attached hydrogens (tertiary/aromatic N) is 1. The minimum absolute atomic E-state index is 0.0524. The number of amides is 1. The number of benzene rings is 1. The predicted octanol–water partition coefficient (Wildman–Crippen LogP) is 2.37. The molecule has 1 aliphatic carbocycles. The molecule has 114 valence electrons. The maximum atomic E-state index is 12.5. The van der Waals surface area contributed by atoms with Gasteiger partial charge >= 0.3 is 6.18 Å². The molecule has 1 saturated heterocycles. The molecule has 3 nitrogen and oxygen atoms in total. The Morgan fingerprint density at radius 3 is 2.43 bits per heavy atom. The van der Waals surface area contributed by atoms with Crippen molar-refractivity contribution in [1.82, 2.24) is 4.90 Å². The summed E-state index contributed by atoms with van der Waals surface area (Å²) in [4.78, 5) is 14.0. The molecule has 0 spiro atoms. The van der Waals surface area contributed by atoms with Crippen LogP contribution in [0, 0.1) is 5.92 Å². The van der Waals surface area contributed by atoms with E-state index in [-0.39, 0.29) is 23.8 Å². The monoisotopic (exact) mass is 298 g/mol. The fraction of sp³-hybridized carbons (Fsp3) is 0.533. The van der Waals surface area contributed by atoms with E-state index in [1.165, 1.54) is 12.1 Å². The molecule has 21 heavy (non-hydrogen) atoms. The van der Waals surface area contributed by atoms with Crippen LogP contribution in [-0.4, -0.2) is 29.9 Å². The molecular formula is C15H17F3N2O. The lowest BCUT2D eigenvalue weighted by Crippen LogP contribution is -2.33. The van der Waals surface area contributed by atoms with E-state index in [2.05, 4.69) is 0 Å². The number of rotatable bonds is 2. The summed E-state index contributed by atoms with van der Waals surface area (Å²) >= 11 is 0. The summed E-state index contributed by atoms with van der Waals surface area (Å²) in [6.07, 6.45) is -2.78. The second-order valence-corrected chi connectivity index (χ2v) is 5.90. The van der Waals surface area contributed by atoms with Crippen LogP contribution < -0.4 is 5.73 Å². The molecule has 0 bridgehead atoms. The number of carbonyl (C=O) groups is 1. The Morgan fingerprint density at radius 1 is 1.24 bits per heavy atom. The lowest BCUT2D eigenvalue weighted by molar-refractivity contribution is -0.137. The number of nitrogens with two attached hydrogens (primary N) is 1. The molecule has 6 heteroatoms. The molecule has 1 aromatic rings. The Morgan fingerprint density at radius 2 is 1.90 bits per heavy atom. The summed E-state index contributed by atoms with van der Waals surface area (Å²) in [5.74, 6) is 0.0523. The van der Waals surface area contributed by atoms with E-state index in [4.69, 9.17) is 5.73 Å². The van der Waals surface area contributed by atoms with Crippen LogP contribution in [0.4, 0.5) is 13.2 Å².